The average molecular weight is 514 g/mol. The second kappa shape index (κ2) is 10.5. The molecule has 3 aromatic rings. The van der Waals surface area contributed by atoms with Gasteiger partial charge in [0.2, 0.25) is 5.91 Å². The molecular formula is C34H47N3O. The summed E-state index contributed by atoms with van der Waals surface area (Å²) >= 11 is 0. The Bertz CT molecular complexity index is 1290. The molecule has 1 amide bonds. The van der Waals surface area contributed by atoms with Crippen molar-refractivity contribution in [2.75, 3.05) is 26.2 Å². The van der Waals surface area contributed by atoms with E-state index in [0.29, 0.717) is 23.8 Å². The number of carbonyl (C=O) groups excluding carboxylic acids is 1. The molecule has 1 aromatic heterocycles. The molecule has 204 valence electrons. The minimum atomic E-state index is -0.553. The van der Waals surface area contributed by atoms with Crippen molar-refractivity contribution in [2.45, 2.75) is 91.5 Å². The maximum atomic E-state index is 14.0. The van der Waals surface area contributed by atoms with E-state index in [1.165, 1.54) is 59.0 Å². The molecule has 3 fully saturated rings. The molecule has 4 heteroatoms. The molecule has 2 saturated heterocycles. The summed E-state index contributed by atoms with van der Waals surface area (Å²) in [5.41, 5.74) is 8.14. The summed E-state index contributed by atoms with van der Waals surface area (Å²) in [4.78, 5) is 22.5. The van der Waals surface area contributed by atoms with Gasteiger partial charge in [0.1, 0.15) is 0 Å². The van der Waals surface area contributed by atoms with Crippen molar-refractivity contribution in [3.8, 4) is 11.3 Å². The van der Waals surface area contributed by atoms with E-state index in [0.717, 1.165) is 37.3 Å². The Morgan fingerprint density at radius 1 is 1.03 bits per heavy atom. The highest BCUT2D eigenvalue weighted by molar-refractivity contribution is 5.94. The highest BCUT2D eigenvalue weighted by Gasteiger charge is 2.42. The van der Waals surface area contributed by atoms with Crippen LogP contribution in [0.5, 0.6) is 0 Å². The molecule has 2 aromatic carbocycles. The van der Waals surface area contributed by atoms with Crippen LogP contribution in [0, 0.1) is 19.8 Å². The van der Waals surface area contributed by atoms with Crippen LogP contribution in [0.15, 0.2) is 36.4 Å². The zero-order valence-electron chi connectivity index (χ0n) is 24.7. The molecule has 38 heavy (non-hydrogen) atoms. The number of nitrogens with zero attached hydrogens (tertiary/aromatic N) is 2. The summed E-state index contributed by atoms with van der Waals surface area (Å²) in [7, 11) is 0. The van der Waals surface area contributed by atoms with Crippen molar-refractivity contribution in [3.05, 3.63) is 58.7 Å². The molecule has 4 nitrogen and oxygen atoms in total. The Morgan fingerprint density at radius 3 is 2.26 bits per heavy atom. The van der Waals surface area contributed by atoms with Gasteiger partial charge in [-0.15, -0.1) is 0 Å². The standard InChI is InChI=1S/C34H47N3O/c1-8-36(9-2)20-24(5)31-29-19-27(34(6,7)33(38)37-21-25-10-13-28(37)14-11-25)12-15-30(29)35-32(31)26-17-22(3)16-23(4)18-26/h12,15-19,24-25,28,35H,8-11,13-14,20-21H2,1-7H3/t24-,25?,28?/m1/s1. The number of fused-ring (bicyclic) bond motifs is 4. The van der Waals surface area contributed by atoms with Crippen LogP contribution in [-0.2, 0) is 10.2 Å². The SMILES string of the molecule is CCN(CC)C[C@@H](C)c1c(-c2cc(C)cc(C)c2)[nH]c2ccc(C(C)(C)C(=O)N3CC4CCC3CC4)cc12. The Balaban J connectivity index is 1.59. The first-order chi connectivity index (χ1) is 18.1. The normalized spacial score (nSPS) is 20.5. The van der Waals surface area contributed by atoms with Crippen LogP contribution < -0.4 is 0 Å². The molecule has 1 N–H and O–H groups in total. The van der Waals surface area contributed by atoms with E-state index in [1.54, 1.807) is 0 Å². The van der Waals surface area contributed by atoms with Gasteiger partial charge in [-0.25, -0.2) is 0 Å². The molecule has 6 rings (SSSR count). The lowest BCUT2D eigenvalue weighted by atomic mass is 9.76. The average Bonchev–Trinajstić information content (AvgIpc) is 3.30. The lowest BCUT2D eigenvalue weighted by Gasteiger charge is -2.47. The van der Waals surface area contributed by atoms with E-state index in [9.17, 15) is 4.79 Å². The Labute approximate surface area is 229 Å². The van der Waals surface area contributed by atoms with Crippen LogP contribution >= 0.6 is 0 Å². The molecule has 1 aliphatic carbocycles. The van der Waals surface area contributed by atoms with Crippen molar-refractivity contribution in [2.24, 2.45) is 5.92 Å². The summed E-state index contributed by atoms with van der Waals surface area (Å²) < 4.78 is 0. The number of H-pyrrole nitrogens is 1. The number of aromatic nitrogens is 1. The van der Waals surface area contributed by atoms with E-state index in [2.05, 4.69) is 99.6 Å². The minimum absolute atomic E-state index is 0.300. The van der Waals surface area contributed by atoms with E-state index in [1.807, 2.05) is 0 Å². The first-order valence-corrected chi connectivity index (χ1v) is 14.9. The van der Waals surface area contributed by atoms with Gasteiger partial charge in [-0.3, -0.25) is 4.79 Å². The van der Waals surface area contributed by atoms with Gasteiger partial charge in [0.15, 0.2) is 0 Å². The molecule has 0 unspecified atom stereocenters. The fourth-order valence-corrected chi connectivity index (χ4v) is 7.22. The van der Waals surface area contributed by atoms with Crippen LogP contribution in [-0.4, -0.2) is 52.9 Å². The Morgan fingerprint density at radius 2 is 1.68 bits per heavy atom. The van der Waals surface area contributed by atoms with Gasteiger partial charge < -0.3 is 14.8 Å². The van der Waals surface area contributed by atoms with Gasteiger partial charge in [-0.05, 0) is 119 Å². The fourth-order valence-electron chi connectivity index (χ4n) is 7.22. The van der Waals surface area contributed by atoms with Gasteiger partial charge in [-0.1, -0.05) is 44.0 Å². The van der Waals surface area contributed by atoms with Crippen LogP contribution in [0.25, 0.3) is 22.2 Å². The van der Waals surface area contributed by atoms with Gasteiger partial charge in [0.25, 0.3) is 0 Å². The number of hydrogen-bond donors (Lipinski definition) is 1. The number of amides is 1. The van der Waals surface area contributed by atoms with E-state index in [4.69, 9.17) is 0 Å². The highest BCUT2D eigenvalue weighted by Crippen LogP contribution is 2.41. The summed E-state index contributed by atoms with van der Waals surface area (Å²) in [5, 5.41) is 1.26. The molecule has 3 aliphatic rings. The molecule has 1 atom stereocenters. The van der Waals surface area contributed by atoms with Crippen molar-refractivity contribution in [1.29, 1.82) is 0 Å². The number of carbonyl (C=O) groups is 1. The maximum absolute atomic E-state index is 14.0. The summed E-state index contributed by atoms with van der Waals surface area (Å²) in [6, 6.07) is 14.0. The second-order valence-corrected chi connectivity index (χ2v) is 12.7. The van der Waals surface area contributed by atoms with Crippen LogP contribution in [0.2, 0.25) is 0 Å². The third kappa shape index (κ3) is 4.93. The number of hydrogen-bond acceptors (Lipinski definition) is 2. The van der Waals surface area contributed by atoms with Crippen molar-refractivity contribution < 1.29 is 4.79 Å². The van der Waals surface area contributed by atoms with E-state index < -0.39 is 5.41 Å². The molecule has 2 bridgehead atoms. The first-order valence-electron chi connectivity index (χ1n) is 14.9. The minimum Gasteiger partial charge on any atom is -0.354 e. The molecular weight excluding hydrogens is 466 g/mol. The predicted octanol–water partition coefficient (Wildman–Crippen LogP) is 7.58. The number of aryl methyl sites for hydroxylation is 2. The lowest BCUT2D eigenvalue weighted by Crippen LogP contribution is -2.55. The second-order valence-electron chi connectivity index (χ2n) is 12.7. The first kappa shape index (κ1) is 27.0. The summed E-state index contributed by atoms with van der Waals surface area (Å²) in [5.74, 6) is 1.35. The zero-order valence-corrected chi connectivity index (χ0v) is 24.7. The fraction of sp³-hybridized carbons (Fsp3) is 0.559. The van der Waals surface area contributed by atoms with Crippen LogP contribution in [0.3, 0.4) is 0 Å². The molecule has 2 aliphatic heterocycles. The lowest BCUT2D eigenvalue weighted by molar-refractivity contribution is -0.144. The van der Waals surface area contributed by atoms with Gasteiger partial charge in [-0.2, -0.15) is 0 Å². The van der Waals surface area contributed by atoms with Gasteiger partial charge in [0.05, 0.1) is 11.1 Å². The number of nitrogens with one attached hydrogen (secondary N) is 1. The van der Waals surface area contributed by atoms with E-state index >= 15 is 0 Å². The number of rotatable bonds is 8. The summed E-state index contributed by atoms with van der Waals surface area (Å²) in [6.45, 7) is 19.5. The van der Waals surface area contributed by atoms with Crippen molar-refractivity contribution in [3.63, 3.8) is 0 Å². The van der Waals surface area contributed by atoms with Crippen molar-refractivity contribution >= 4 is 16.8 Å². The Hall–Kier alpha value is -2.59. The quantitative estimate of drug-likeness (QED) is 0.337. The Kier molecular flexibility index (Phi) is 7.48. The zero-order chi connectivity index (χ0) is 27.2. The number of aromatic amines is 1. The molecule has 0 radical (unpaired) electrons. The van der Waals surface area contributed by atoms with Crippen LogP contribution in [0.4, 0.5) is 0 Å². The summed E-state index contributed by atoms with van der Waals surface area (Å²) in [6.07, 6.45) is 4.93. The van der Waals surface area contributed by atoms with Crippen LogP contribution in [0.1, 0.15) is 88.5 Å². The number of benzene rings is 2. The smallest absolute Gasteiger partial charge is 0.232 e. The molecule has 3 heterocycles. The third-order valence-electron chi connectivity index (χ3n) is 9.50. The number of piperidine rings is 2. The van der Waals surface area contributed by atoms with E-state index in [-0.39, 0.29) is 0 Å². The highest BCUT2D eigenvalue weighted by atomic mass is 16.2. The molecule has 0 spiro atoms. The topological polar surface area (TPSA) is 39.3 Å². The van der Waals surface area contributed by atoms with Gasteiger partial charge >= 0.3 is 0 Å². The van der Waals surface area contributed by atoms with Gasteiger partial charge in [0, 0.05) is 30.0 Å². The monoisotopic (exact) mass is 513 g/mol. The third-order valence-corrected chi connectivity index (χ3v) is 9.50. The largest absolute Gasteiger partial charge is 0.354 e. The van der Waals surface area contributed by atoms with Crippen molar-refractivity contribution in [1.82, 2.24) is 14.8 Å². The molecule has 1 saturated carbocycles. The number of likely N-dealkylation sites (N-methyl/N-ethyl adjacent to an activating group) is 1. The predicted molar refractivity (Wildman–Crippen MR) is 160 cm³/mol. The maximum Gasteiger partial charge on any atom is 0.232 e.